The summed E-state index contributed by atoms with van der Waals surface area (Å²) in [7, 11) is 0. The van der Waals surface area contributed by atoms with E-state index in [4.69, 9.17) is 4.74 Å². The van der Waals surface area contributed by atoms with Gasteiger partial charge in [-0.15, -0.1) is 0 Å². The molecule has 4 nitrogen and oxygen atoms in total. The van der Waals surface area contributed by atoms with Gasteiger partial charge in [0.2, 0.25) is 6.29 Å². The maximum atomic E-state index is 11.1. The number of aliphatic hydroxyl groups excluding tert-OH is 2. The van der Waals surface area contributed by atoms with Gasteiger partial charge in [0, 0.05) is 11.6 Å². The van der Waals surface area contributed by atoms with Crippen molar-refractivity contribution in [2.24, 2.45) is 5.41 Å². The molecule has 0 fully saturated rings. The highest BCUT2D eigenvalue weighted by atomic mass is 16.6. The van der Waals surface area contributed by atoms with Crippen LogP contribution in [0.1, 0.15) is 86.0 Å². The van der Waals surface area contributed by atoms with Crippen LogP contribution in [0.15, 0.2) is 46.1 Å². The average Bonchev–Trinajstić information content (AvgIpc) is 2.95. The van der Waals surface area contributed by atoms with Crippen molar-refractivity contribution in [3.8, 4) is 0 Å². The molecule has 0 unspecified atom stereocenters. The first kappa shape index (κ1) is 23.6. The van der Waals surface area contributed by atoms with Crippen molar-refractivity contribution in [3.05, 3.63) is 46.1 Å². The van der Waals surface area contributed by atoms with E-state index in [1.807, 2.05) is 0 Å². The molecule has 2 N–H and O–H groups in total. The van der Waals surface area contributed by atoms with Crippen LogP contribution in [0, 0.1) is 5.41 Å². The molecule has 0 amide bonds. The number of esters is 1. The van der Waals surface area contributed by atoms with Crippen LogP contribution < -0.4 is 0 Å². The largest absolute Gasteiger partial charge is 0.429 e. The molecular formula is C25H38O4. The lowest BCUT2D eigenvalue weighted by atomic mass is 9.70. The first-order chi connectivity index (χ1) is 13.6. The van der Waals surface area contributed by atoms with Gasteiger partial charge in [-0.3, -0.25) is 0 Å². The Morgan fingerprint density at radius 2 is 1.79 bits per heavy atom. The Kier molecular flexibility index (Phi) is 8.47. The molecule has 2 rings (SSSR count). The fraction of sp³-hybridized carbons (Fsp3) is 0.640. The predicted molar refractivity (Wildman–Crippen MR) is 117 cm³/mol. The van der Waals surface area contributed by atoms with E-state index in [2.05, 4.69) is 46.8 Å². The van der Waals surface area contributed by atoms with Crippen LogP contribution in [0.4, 0.5) is 0 Å². The minimum atomic E-state index is -1.06. The number of carbonyl (C=O) groups is 1. The van der Waals surface area contributed by atoms with Crippen molar-refractivity contribution in [2.45, 2.75) is 98.4 Å². The number of carbonyl (C=O) groups excluding carboxylic acids is 1. The molecule has 0 spiro atoms. The van der Waals surface area contributed by atoms with Crippen LogP contribution in [-0.4, -0.2) is 28.6 Å². The molecule has 0 aromatic rings. The van der Waals surface area contributed by atoms with E-state index in [-0.39, 0.29) is 11.5 Å². The lowest BCUT2D eigenvalue weighted by molar-refractivity contribution is -0.151. The smallest absolute Gasteiger partial charge is 0.333 e. The summed E-state index contributed by atoms with van der Waals surface area (Å²) < 4.78 is 4.69. The lowest BCUT2D eigenvalue weighted by Crippen LogP contribution is -2.28. The fourth-order valence-corrected chi connectivity index (χ4v) is 4.33. The van der Waals surface area contributed by atoms with E-state index < -0.39 is 12.3 Å². The van der Waals surface area contributed by atoms with Gasteiger partial charge in [-0.05, 0) is 83.1 Å². The van der Waals surface area contributed by atoms with Crippen molar-refractivity contribution < 1.29 is 19.7 Å². The molecule has 2 atom stereocenters. The van der Waals surface area contributed by atoms with Gasteiger partial charge in [-0.25, -0.2) is 4.79 Å². The highest BCUT2D eigenvalue weighted by molar-refractivity contribution is 5.85. The second-order valence-electron chi connectivity index (χ2n) is 9.29. The summed E-state index contributed by atoms with van der Waals surface area (Å²) in [6.45, 7) is 11.0. The van der Waals surface area contributed by atoms with Crippen molar-refractivity contribution in [1.82, 2.24) is 0 Å². The molecule has 0 saturated carbocycles. The number of hydrogen-bond acceptors (Lipinski definition) is 4. The second kappa shape index (κ2) is 10.4. The number of aliphatic hydroxyl groups is 2. The summed E-state index contributed by atoms with van der Waals surface area (Å²) in [5.41, 5.74) is 6.21. The molecular weight excluding hydrogens is 364 g/mol. The zero-order valence-corrected chi connectivity index (χ0v) is 18.8. The molecule has 0 radical (unpaired) electrons. The standard InChI is InChI=1S/C25H38O4/c1-17(10-7-11-20-16-23(27)29-24(20)28)8-6-9-18(2)12-13-21-19(3)22(26)14-15-25(21,4)5/h9-10,16,22,24,26,28H,6-8,11-15H2,1-5H3/b17-10+,18-9+/t22-,24+/m0/s1. The summed E-state index contributed by atoms with van der Waals surface area (Å²) in [4.78, 5) is 11.1. The first-order valence-corrected chi connectivity index (χ1v) is 10.9. The van der Waals surface area contributed by atoms with E-state index >= 15 is 0 Å². The highest BCUT2D eigenvalue weighted by Gasteiger charge is 2.31. The number of hydrogen-bond donors (Lipinski definition) is 2. The Bertz CT molecular complexity index is 721. The van der Waals surface area contributed by atoms with Crippen molar-refractivity contribution >= 4 is 5.97 Å². The normalized spacial score (nSPS) is 25.3. The molecule has 0 bridgehead atoms. The van der Waals surface area contributed by atoms with Crippen LogP contribution in [0.25, 0.3) is 0 Å². The number of ether oxygens (including phenoxy) is 1. The Labute approximate surface area is 176 Å². The molecule has 0 aromatic carbocycles. The molecule has 29 heavy (non-hydrogen) atoms. The molecule has 1 heterocycles. The van der Waals surface area contributed by atoms with E-state index in [0.29, 0.717) is 12.0 Å². The number of allylic oxidation sites excluding steroid dienone is 5. The van der Waals surface area contributed by atoms with Crippen molar-refractivity contribution in [2.75, 3.05) is 0 Å². The van der Waals surface area contributed by atoms with E-state index in [9.17, 15) is 15.0 Å². The van der Waals surface area contributed by atoms with E-state index in [0.717, 1.165) is 44.9 Å². The third kappa shape index (κ3) is 6.97. The maximum absolute atomic E-state index is 11.1. The van der Waals surface area contributed by atoms with Gasteiger partial charge in [0.25, 0.3) is 0 Å². The molecule has 0 aromatic heterocycles. The van der Waals surface area contributed by atoms with Gasteiger partial charge in [0.15, 0.2) is 0 Å². The van der Waals surface area contributed by atoms with Crippen LogP contribution in [0.5, 0.6) is 0 Å². The second-order valence-corrected chi connectivity index (χ2v) is 9.29. The van der Waals surface area contributed by atoms with Gasteiger partial charge in [-0.1, -0.05) is 42.7 Å². The molecule has 1 aliphatic heterocycles. The summed E-state index contributed by atoms with van der Waals surface area (Å²) in [5, 5.41) is 19.8. The lowest BCUT2D eigenvalue weighted by Gasteiger charge is -2.37. The van der Waals surface area contributed by atoms with Crippen molar-refractivity contribution in [1.29, 1.82) is 0 Å². The van der Waals surface area contributed by atoms with Crippen LogP contribution in [-0.2, 0) is 9.53 Å². The number of cyclic esters (lactones) is 1. The highest BCUT2D eigenvalue weighted by Crippen LogP contribution is 2.42. The van der Waals surface area contributed by atoms with E-state index in [1.165, 1.54) is 28.4 Å². The molecule has 1 aliphatic carbocycles. The topological polar surface area (TPSA) is 66.8 Å². The Balaban J connectivity index is 1.76. The summed E-state index contributed by atoms with van der Waals surface area (Å²) >= 11 is 0. The van der Waals surface area contributed by atoms with Gasteiger partial charge in [0.05, 0.1) is 6.10 Å². The Hall–Kier alpha value is -1.65. The van der Waals surface area contributed by atoms with Gasteiger partial charge in [-0.2, -0.15) is 0 Å². The SMILES string of the molecule is CC1=C(CC/C(C)=C/CC/C(C)=C/CCC2=CC(=O)O[C@H]2O)C(C)(C)CC[C@@H]1O. The average molecular weight is 403 g/mol. The maximum Gasteiger partial charge on any atom is 0.333 e. The van der Waals surface area contributed by atoms with Crippen LogP contribution >= 0.6 is 0 Å². The van der Waals surface area contributed by atoms with Crippen molar-refractivity contribution in [3.63, 3.8) is 0 Å². The van der Waals surface area contributed by atoms with Crippen LogP contribution in [0.3, 0.4) is 0 Å². The molecule has 4 heteroatoms. The zero-order valence-electron chi connectivity index (χ0n) is 18.8. The molecule has 162 valence electrons. The minimum Gasteiger partial charge on any atom is -0.429 e. The Morgan fingerprint density at radius 1 is 1.14 bits per heavy atom. The summed E-state index contributed by atoms with van der Waals surface area (Å²) in [5.74, 6) is -0.453. The Morgan fingerprint density at radius 3 is 2.45 bits per heavy atom. The predicted octanol–water partition coefficient (Wildman–Crippen LogP) is 5.52. The first-order valence-electron chi connectivity index (χ1n) is 10.9. The van der Waals surface area contributed by atoms with Crippen LogP contribution in [0.2, 0.25) is 0 Å². The van der Waals surface area contributed by atoms with Gasteiger partial charge in [0.1, 0.15) is 0 Å². The number of rotatable bonds is 9. The third-order valence-electron chi connectivity index (χ3n) is 6.41. The zero-order chi connectivity index (χ0) is 21.6. The fourth-order valence-electron chi connectivity index (χ4n) is 4.33. The minimum absolute atomic E-state index is 0.195. The third-order valence-corrected chi connectivity index (χ3v) is 6.41. The molecule has 2 aliphatic rings. The monoisotopic (exact) mass is 402 g/mol. The summed E-state index contributed by atoms with van der Waals surface area (Å²) in [6.07, 6.45) is 12.1. The summed E-state index contributed by atoms with van der Waals surface area (Å²) in [6, 6.07) is 0. The van der Waals surface area contributed by atoms with E-state index in [1.54, 1.807) is 0 Å². The molecule has 0 saturated heterocycles. The quantitative estimate of drug-likeness (QED) is 0.394. The van der Waals surface area contributed by atoms with Gasteiger partial charge < -0.3 is 14.9 Å². The van der Waals surface area contributed by atoms with Gasteiger partial charge >= 0.3 is 5.97 Å².